The molecule has 1 amide bonds. The zero-order valence-electron chi connectivity index (χ0n) is 18.1. The summed E-state index contributed by atoms with van der Waals surface area (Å²) in [6.07, 6.45) is -6.89. The van der Waals surface area contributed by atoms with Gasteiger partial charge in [-0.3, -0.25) is 4.79 Å². The molecule has 3 aromatic rings. The van der Waals surface area contributed by atoms with Crippen LogP contribution in [0.25, 0.3) is 10.8 Å². The van der Waals surface area contributed by atoms with E-state index in [-0.39, 0.29) is 22.2 Å². The molecular formula is C22H19F5N2O5. The Bertz CT molecular complexity index is 1340. The van der Waals surface area contributed by atoms with Gasteiger partial charge in [-0.1, -0.05) is 19.0 Å². The van der Waals surface area contributed by atoms with E-state index in [1.165, 1.54) is 19.1 Å². The molecule has 12 heteroatoms. The predicted molar refractivity (Wildman–Crippen MR) is 110 cm³/mol. The fourth-order valence-corrected chi connectivity index (χ4v) is 3.67. The van der Waals surface area contributed by atoms with E-state index in [2.05, 4.69) is 9.68 Å². The Morgan fingerprint density at radius 2 is 1.76 bits per heavy atom. The highest BCUT2D eigenvalue weighted by molar-refractivity contribution is 5.99. The average Bonchev–Trinajstić information content (AvgIpc) is 2.72. The molecule has 182 valence electrons. The molecule has 0 aliphatic rings. The molecule has 0 saturated carbocycles. The highest BCUT2D eigenvalue weighted by Crippen LogP contribution is 2.44. The number of nitrogens with one attached hydrogen (secondary N) is 1. The number of anilines is 1. The van der Waals surface area contributed by atoms with Crippen LogP contribution in [0.5, 0.6) is 5.75 Å². The minimum atomic E-state index is -5.51. The van der Waals surface area contributed by atoms with Gasteiger partial charge in [0.1, 0.15) is 5.82 Å². The number of aromatic hydroxyl groups is 1. The van der Waals surface area contributed by atoms with Crippen molar-refractivity contribution < 1.29 is 41.5 Å². The normalized spacial score (nSPS) is 14.1. The third-order valence-electron chi connectivity index (χ3n) is 5.45. The number of fused-ring (bicyclic) bond motifs is 1. The number of nitrogens with zero attached hydrogens (tertiary/aromatic N) is 1. The van der Waals surface area contributed by atoms with E-state index in [1.54, 1.807) is 0 Å². The van der Waals surface area contributed by atoms with Crippen molar-refractivity contribution in [3.63, 3.8) is 0 Å². The Morgan fingerprint density at radius 1 is 1.12 bits per heavy atom. The first kappa shape index (κ1) is 25.1. The Kier molecular flexibility index (Phi) is 6.16. The van der Waals surface area contributed by atoms with Gasteiger partial charge in [-0.2, -0.15) is 13.2 Å². The Labute approximate surface area is 188 Å². The van der Waals surface area contributed by atoms with Crippen LogP contribution in [0.2, 0.25) is 0 Å². The quantitative estimate of drug-likeness (QED) is 0.469. The molecule has 0 spiro atoms. The number of amides is 1. The number of hydrogen-bond donors (Lipinski definition) is 3. The predicted octanol–water partition coefficient (Wildman–Crippen LogP) is 4.08. The van der Waals surface area contributed by atoms with Crippen molar-refractivity contribution in [2.24, 2.45) is 0 Å². The average molecular weight is 486 g/mol. The number of hydrogen-bond acceptors (Lipinski definition) is 6. The fraction of sp³-hybridized carbons (Fsp3) is 0.318. The van der Waals surface area contributed by atoms with Gasteiger partial charge in [-0.05, 0) is 36.6 Å². The van der Waals surface area contributed by atoms with Gasteiger partial charge in [-0.25, -0.2) is 13.6 Å². The largest absolute Gasteiger partial charge is 0.505 e. The van der Waals surface area contributed by atoms with E-state index in [4.69, 9.17) is 0 Å². The van der Waals surface area contributed by atoms with Gasteiger partial charge in [0.15, 0.2) is 11.6 Å². The van der Waals surface area contributed by atoms with E-state index in [1.807, 2.05) is 5.32 Å². The molecule has 3 N–H and O–H groups in total. The minimum Gasteiger partial charge on any atom is -0.505 e. The SMILES string of the molecule is Cc1noc(=O)c2ccc(NC(=O)C(O)(CC(C)(C)c3cc(F)cc(F)c3O)C(F)(F)F)cc12. The van der Waals surface area contributed by atoms with Crippen molar-refractivity contribution in [2.45, 2.75) is 44.4 Å². The van der Waals surface area contributed by atoms with E-state index in [9.17, 15) is 41.8 Å². The first-order valence-electron chi connectivity index (χ1n) is 9.76. The highest BCUT2D eigenvalue weighted by atomic mass is 19.4. The van der Waals surface area contributed by atoms with Gasteiger partial charge in [-0.15, -0.1) is 0 Å². The fourth-order valence-electron chi connectivity index (χ4n) is 3.67. The summed E-state index contributed by atoms with van der Waals surface area (Å²) in [6.45, 7) is 3.63. The lowest BCUT2D eigenvalue weighted by atomic mass is 9.74. The van der Waals surface area contributed by atoms with Crippen LogP contribution in [0, 0.1) is 18.6 Å². The number of aromatic nitrogens is 1. The van der Waals surface area contributed by atoms with Crippen LogP contribution in [-0.4, -0.2) is 33.1 Å². The van der Waals surface area contributed by atoms with Crippen molar-refractivity contribution in [3.8, 4) is 5.75 Å². The third-order valence-corrected chi connectivity index (χ3v) is 5.45. The van der Waals surface area contributed by atoms with Crippen LogP contribution in [0.4, 0.5) is 27.6 Å². The number of carbonyl (C=O) groups is 1. The molecule has 1 atom stereocenters. The highest BCUT2D eigenvalue weighted by Gasteiger charge is 2.61. The van der Waals surface area contributed by atoms with Crippen molar-refractivity contribution in [3.05, 3.63) is 63.6 Å². The summed E-state index contributed by atoms with van der Waals surface area (Å²) in [4.78, 5) is 24.5. The Balaban J connectivity index is 2.01. The van der Waals surface area contributed by atoms with Gasteiger partial charge in [0.2, 0.25) is 5.60 Å². The van der Waals surface area contributed by atoms with Crippen LogP contribution >= 0.6 is 0 Å². The molecule has 1 aromatic heterocycles. The van der Waals surface area contributed by atoms with E-state index >= 15 is 0 Å². The number of carbonyl (C=O) groups excluding carboxylic acids is 1. The van der Waals surface area contributed by atoms with Crippen molar-refractivity contribution >= 4 is 22.4 Å². The Hall–Kier alpha value is -3.54. The number of phenols is 1. The second kappa shape index (κ2) is 8.35. The van der Waals surface area contributed by atoms with Crippen LogP contribution in [0.15, 0.2) is 39.6 Å². The second-order valence-corrected chi connectivity index (χ2v) is 8.47. The molecule has 0 bridgehead atoms. The molecule has 1 unspecified atom stereocenters. The maximum absolute atomic E-state index is 13.9. The minimum absolute atomic E-state index is 0.0707. The summed E-state index contributed by atoms with van der Waals surface area (Å²) in [5.41, 5.74) is -7.27. The van der Waals surface area contributed by atoms with Crippen LogP contribution in [-0.2, 0) is 10.2 Å². The maximum Gasteiger partial charge on any atom is 0.426 e. The molecule has 34 heavy (non-hydrogen) atoms. The number of halogens is 5. The zero-order valence-corrected chi connectivity index (χ0v) is 18.1. The number of phenolic OH excluding ortho intramolecular Hbond substituents is 1. The molecule has 2 aromatic carbocycles. The molecule has 1 heterocycles. The molecule has 0 radical (unpaired) electrons. The molecule has 0 saturated heterocycles. The zero-order chi connectivity index (χ0) is 25.6. The van der Waals surface area contributed by atoms with E-state index < -0.39 is 58.1 Å². The number of aliphatic hydroxyl groups is 1. The van der Waals surface area contributed by atoms with Crippen molar-refractivity contribution in [1.29, 1.82) is 0 Å². The molecule has 0 aliphatic heterocycles. The summed E-state index contributed by atoms with van der Waals surface area (Å²) < 4.78 is 73.9. The summed E-state index contributed by atoms with van der Waals surface area (Å²) in [5.74, 6) is -5.55. The molecule has 7 nitrogen and oxygen atoms in total. The number of alkyl halides is 3. The third kappa shape index (κ3) is 4.45. The molecule has 3 rings (SSSR count). The lowest BCUT2D eigenvalue weighted by molar-refractivity contribution is -0.254. The second-order valence-electron chi connectivity index (χ2n) is 8.47. The van der Waals surface area contributed by atoms with Gasteiger partial charge >= 0.3 is 11.8 Å². The van der Waals surface area contributed by atoms with Crippen molar-refractivity contribution in [2.75, 3.05) is 5.32 Å². The number of benzene rings is 2. The van der Waals surface area contributed by atoms with Gasteiger partial charge in [0.05, 0.1) is 11.1 Å². The number of aryl methyl sites for hydroxylation is 1. The van der Waals surface area contributed by atoms with Crippen LogP contribution < -0.4 is 10.9 Å². The van der Waals surface area contributed by atoms with Crippen LogP contribution in [0.1, 0.15) is 31.5 Å². The first-order valence-corrected chi connectivity index (χ1v) is 9.76. The summed E-state index contributed by atoms with van der Waals surface area (Å²) >= 11 is 0. The molecular weight excluding hydrogens is 467 g/mol. The molecule has 0 aliphatic carbocycles. The summed E-state index contributed by atoms with van der Waals surface area (Å²) in [7, 11) is 0. The molecule has 0 fully saturated rings. The lowest BCUT2D eigenvalue weighted by Crippen LogP contribution is -2.57. The maximum atomic E-state index is 13.9. The van der Waals surface area contributed by atoms with Crippen molar-refractivity contribution in [1.82, 2.24) is 5.16 Å². The standard InChI is InChI=1S/C22H19F5N2O5/c1-10-14-8-12(4-5-13(14)18(31)34-29-10)28-19(32)21(33,22(25,26)27)9-20(2,3)15-6-11(23)7-16(24)17(15)30/h4-8,30,33H,9H2,1-3H3,(H,28,32). The van der Waals surface area contributed by atoms with Gasteiger partial charge in [0, 0.05) is 29.1 Å². The summed E-state index contributed by atoms with van der Waals surface area (Å²) in [5, 5.41) is 26.2. The monoisotopic (exact) mass is 486 g/mol. The van der Waals surface area contributed by atoms with E-state index in [0.29, 0.717) is 12.1 Å². The van der Waals surface area contributed by atoms with Crippen LogP contribution in [0.3, 0.4) is 0 Å². The Morgan fingerprint density at radius 3 is 2.38 bits per heavy atom. The first-order chi connectivity index (χ1) is 15.6. The van der Waals surface area contributed by atoms with E-state index in [0.717, 1.165) is 19.9 Å². The lowest BCUT2D eigenvalue weighted by Gasteiger charge is -2.37. The summed E-state index contributed by atoms with van der Waals surface area (Å²) in [6, 6.07) is 4.48. The number of rotatable bonds is 5. The van der Waals surface area contributed by atoms with Gasteiger partial charge < -0.3 is 20.1 Å². The topological polar surface area (TPSA) is 113 Å². The smallest absolute Gasteiger partial charge is 0.426 e. The van der Waals surface area contributed by atoms with Gasteiger partial charge in [0.25, 0.3) is 5.91 Å².